The average molecular weight is 439 g/mol. The van der Waals surface area contributed by atoms with Gasteiger partial charge in [0.25, 0.3) is 5.91 Å². The molecule has 0 aromatic heterocycles. The van der Waals surface area contributed by atoms with Crippen molar-refractivity contribution in [1.29, 1.82) is 5.26 Å². The van der Waals surface area contributed by atoms with Crippen molar-refractivity contribution in [2.75, 3.05) is 22.9 Å². The number of urea groups is 1. The van der Waals surface area contributed by atoms with Gasteiger partial charge in [0.05, 0.1) is 12.5 Å². The van der Waals surface area contributed by atoms with Crippen molar-refractivity contribution in [1.82, 2.24) is 4.90 Å². The van der Waals surface area contributed by atoms with Crippen LogP contribution in [0, 0.1) is 25.2 Å². The summed E-state index contributed by atoms with van der Waals surface area (Å²) in [5, 5.41) is 9.52. The Morgan fingerprint density at radius 2 is 1.81 bits per heavy atom. The lowest BCUT2D eigenvalue weighted by atomic mass is 10.1. The number of hydrogen-bond acceptors (Lipinski definition) is 4. The van der Waals surface area contributed by atoms with Gasteiger partial charge in [0.2, 0.25) is 5.91 Å². The molecule has 31 heavy (non-hydrogen) atoms. The lowest BCUT2D eigenvalue weighted by molar-refractivity contribution is -0.131. The number of amides is 4. The molecule has 0 saturated carbocycles. The maximum atomic E-state index is 13.1. The Labute approximate surface area is 186 Å². The molecule has 3 rings (SSSR count). The third-order valence-corrected chi connectivity index (χ3v) is 5.65. The largest absolute Gasteiger partial charge is 0.332 e. The number of anilines is 2. The minimum absolute atomic E-state index is 0.133. The standard InChI is InChI=1S/C23H23ClN4O3/c1-15-5-8-20(13-16(15)2)26(12-4-11-25)21(29)14-27-22(30)17(3)28(23(27)31)19-9-6-18(24)7-10-19/h5-10,13,17H,4,12,14H2,1-3H3. The predicted molar refractivity (Wildman–Crippen MR) is 119 cm³/mol. The first kappa shape index (κ1) is 22.3. The molecule has 7 nitrogen and oxygen atoms in total. The van der Waals surface area contributed by atoms with Crippen molar-refractivity contribution in [2.24, 2.45) is 0 Å². The van der Waals surface area contributed by atoms with Gasteiger partial charge in [0.15, 0.2) is 0 Å². The molecular formula is C23H23ClN4O3. The monoisotopic (exact) mass is 438 g/mol. The van der Waals surface area contributed by atoms with E-state index in [4.69, 9.17) is 16.9 Å². The number of rotatable bonds is 6. The number of aryl methyl sites for hydroxylation is 2. The van der Waals surface area contributed by atoms with E-state index in [9.17, 15) is 14.4 Å². The lowest BCUT2D eigenvalue weighted by Crippen LogP contribution is -2.44. The molecule has 4 amide bonds. The Balaban J connectivity index is 1.84. The molecule has 2 aromatic rings. The van der Waals surface area contributed by atoms with Crippen LogP contribution >= 0.6 is 11.6 Å². The summed E-state index contributed by atoms with van der Waals surface area (Å²) in [6, 6.07) is 12.9. The summed E-state index contributed by atoms with van der Waals surface area (Å²) in [7, 11) is 0. The maximum absolute atomic E-state index is 13.1. The van der Waals surface area contributed by atoms with Crippen molar-refractivity contribution in [3.63, 3.8) is 0 Å². The first-order chi connectivity index (χ1) is 14.7. The first-order valence-corrected chi connectivity index (χ1v) is 10.3. The summed E-state index contributed by atoms with van der Waals surface area (Å²) < 4.78 is 0. The number of nitriles is 1. The van der Waals surface area contributed by atoms with Crippen LogP contribution in [0.3, 0.4) is 0 Å². The highest BCUT2D eigenvalue weighted by molar-refractivity contribution is 6.30. The first-order valence-electron chi connectivity index (χ1n) is 9.89. The molecule has 1 atom stereocenters. The van der Waals surface area contributed by atoms with E-state index in [1.54, 1.807) is 37.3 Å². The number of carbonyl (C=O) groups is 3. The Kier molecular flexibility index (Phi) is 6.62. The van der Waals surface area contributed by atoms with Crippen molar-refractivity contribution in [3.05, 3.63) is 58.6 Å². The molecule has 0 radical (unpaired) electrons. The fourth-order valence-electron chi connectivity index (χ4n) is 3.48. The van der Waals surface area contributed by atoms with E-state index in [-0.39, 0.29) is 13.0 Å². The van der Waals surface area contributed by atoms with Crippen molar-refractivity contribution < 1.29 is 14.4 Å². The predicted octanol–water partition coefficient (Wildman–Crippen LogP) is 4.06. The Morgan fingerprint density at radius 3 is 2.42 bits per heavy atom. The number of benzene rings is 2. The number of imide groups is 1. The summed E-state index contributed by atoms with van der Waals surface area (Å²) in [6.45, 7) is 5.30. The Hall–Kier alpha value is -3.37. The van der Waals surface area contributed by atoms with Crippen LogP contribution in [-0.2, 0) is 9.59 Å². The topological polar surface area (TPSA) is 84.7 Å². The second-order valence-corrected chi connectivity index (χ2v) is 7.89. The number of nitrogens with zero attached hydrogens (tertiary/aromatic N) is 4. The molecule has 1 unspecified atom stereocenters. The zero-order valence-electron chi connectivity index (χ0n) is 17.6. The molecule has 0 N–H and O–H groups in total. The van der Waals surface area contributed by atoms with Crippen LogP contribution in [0.15, 0.2) is 42.5 Å². The Bertz CT molecular complexity index is 1060. The van der Waals surface area contributed by atoms with Gasteiger partial charge >= 0.3 is 6.03 Å². The molecule has 0 aliphatic carbocycles. The summed E-state index contributed by atoms with van der Waals surface area (Å²) >= 11 is 5.92. The van der Waals surface area contributed by atoms with E-state index < -0.39 is 30.4 Å². The van der Waals surface area contributed by atoms with Crippen LogP contribution in [0.5, 0.6) is 0 Å². The summed E-state index contributed by atoms with van der Waals surface area (Å²) in [5.41, 5.74) is 3.24. The zero-order valence-corrected chi connectivity index (χ0v) is 18.4. The SMILES string of the molecule is Cc1ccc(N(CCC#N)C(=O)CN2C(=O)C(C)N(c3ccc(Cl)cc3)C2=O)cc1C. The smallest absolute Gasteiger partial charge is 0.310 e. The van der Waals surface area contributed by atoms with Crippen molar-refractivity contribution >= 4 is 40.8 Å². The number of halogens is 1. The molecule has 0 spiro atoms. The fourth-order valence-corrected chi connectivity index (χ4v) is 3.61. The fraction of sp³-hybridized carbons (Fsp3) is 0.304. The van der Waals surface area contributed by atoms with E-state index in [1.807, 2.05) is 32.0 Å². The van der Waals surface area contributed by atoms with Gasteiger partial charge in [0, 0.05) is 22.9 Å². The van der Waals surface area contributed by atoms with Crippen LogP contribution in [0.4, 0.5) is 16.2 Å². The molecular weight excluding hydrogens is 416 g/mol. The normalized spacial score (nSPS) is 15.9. The second kappa shape index (κ2) is 9.19. The minimum atomic E-state index is -0.740. The van der Waals surface area contributed by atoms with Gasteiger partial charge < -0.3 is 4.90 Å². The molecule has 8 heteroatoms. The van der Waals surface area contributed by atoms with Crippen LogP contribution in [0.2, 0.25) is 5.02 Å². The van der Waals surface area contributed by atoms with Crippen LogP contribution in [-0.4, -0.2) is 41.9 Å². The molecule has 1 aliphatic rings. The minimum Gasteiger partial charge on any atom is -0.310 e. The van der Waals surface area contributed by atoms with Gasteiger partial charge in [-0.25, -0.2) is 4.79 Å². The Morgan fingerprint density at radius 1 is 1.13 bits per heavy atom. The highest BCUT2D eigenvalue weighted by Crippen LogP contribution is 2.27. The van der Waals surface area contributed by atoms with Gasteiger partial charge in [-0.1, -0.05) is 17.7 Å². The highest BCUT2D eigenvalue weighted by Gasteiger charge is 2.44. The van der Waals surface area contributed by atoms with Gasteiger partial charge in [-0.05, 0) is 68.3 Å². The molecule has 0 bridgehead atoms. The second-order valence-electron chi connectivity index (χ2n) is 7.45. The van der Waals surface area contributed by atoms with E-state index in [1.165, 1.54) is 9.80 Å². The van der Waals surface area contributed by atoms with E-state index in [0.717, 1.165) is 16.0 Å². The molecule has 2 aromatic carbocycles. The van der Waals surface area contributed by atoms with Gasteiger partial charge in [-0.2, -0.15) is 5.26 Å². The highest BCUT2D eigenvalue weighted by atomic mass is 35.5. The molecule has 160 valence electrons. The van der Waals surface area contributed by atoms with E-state index in [0.29, 0.717) is 16.4 Å². The zero-order chi connectivity index (χ0) is 22.7. The van der Waals surface area contributed by atoms with Crippen LogP contribution in [0.25, 0.3) is 0 Å². The summed E-state index contributed by atoms with van der Waals surface area (Å²) in [6.07, 6.45) is 0.133. The quantitative estimate of drug-likeness (QED) is 0.636. The molecule has 1 aliphatic heterocycles. The third-order valence-electron chi connectivity index (χ3n) is 5.40. The molecule has 1 saturated heterocycles. The summed E-state index contributed by atoms with van der Waals surface area (Å²) in [4.78, 5) is 42.7. The van der Waals surface area contributed by atoms with Crippen LogP contribution in [0.1, 0.15) is 24.5 Å². The maximum Gasteiger partial charge on any atom is 0.332 e. The third kappa shape index (κ3) is 4.54. The molecule has 1 fully saturated rings. The average Bonchev–Trinajstić information content (AvgIpc) is 2.95. The van der Waals surface area contributed by atoms with Crippen molar-refractivity contribution in [3.8, 4) is 6.07 Å². The van der Waals surface area contributed by atoms with E-state index >= 15 is 0 Å². The summed E-state index contributed by atoms with van der Waals surface area (Å²) in [5.74, 6) is -0.876. The number of carbonyl (C=O) groups excluding carboxylic acids is 3. The van der Waals surface area contributed by atoms with Crippen LogP contribution < -0.4 is 9.80 Å². The molecule has 1 heterocycles. The number of hydrogen-bond donors (Lipinski definition) is 0. The van der Waals surface area contributed by atoms with E-state index in [2.05, 4.69) is 0 Å². The van der Waals surface area contributed by atoms with Gasteiger partial charge in [-0.15, -0.1) is 0 Å². The lowest BCUT2D eigenvalue weighted by Gasteiger charge is -2.25. The van der Waals surface area contributed by atoms with Gasteiger partial charge in [-0.3, -0.25) is 19.4 Å². The van der Waals surface area contributed by atoms with Gasteiger partial charge in [0.1, 0.15) is 12.6 Å². The van der Waals surface area contributed by atoms with Crippen molar-refractivity contribution in [2.45, 2.75) is 33.2 Å².